The summed E-state index contributed by atoms with van der Waals surface area (Å²) in [6.45, 7) is 0.553. The van der Waals surface area contributed by atoms with Crippen molar-refractivity contribution in [3.05, 3.63) is 0 Å². The maximum absolute atomic E-state index is 11.8. The van der Waals surface area contributed by atoms with Gasteiger partial charge in [0.05, 0.1) is 7.11 Å². The van der Waals surface area contributed by atoms with Gasteiger partial charge in [0.15, 0.2) is 0 Å². The Kier molecular flexibility index (Phi) is 4.90. The minimum atomic E-state index is -1.31. The number of carbonyl (C=O) groups is 3. The molecule has 3 N–H and O–H groups in total. The second-order valence-electron chi connectivity index (χ2n) is 4.03. The van der Waals surface area contributed by atoms with Gasteiger partial charge in [0.25, 0.3) is 5.91 Å². The molecule has 1 fully saturated rings. The zero-order valence-corrected chi connectivity index (χ0v) is 10.3. The zero-order chi connectivity index (χ0) is 13.7. The van der Waals surface area contributed by atoms with Crippen LogP contribution in [-0.4, -0.2) is 54.8 Å². The van der Waals surface area contributed by atoms with Crippen molar-refractivity contribution in [2.24, 2.45) is 5.92 Å². The molecule has 3 amide bonds. The number of carbonyl (C=O) groups excluding carboxylic acids is 2. The Morgan fingerprint density at radius 3 is 2.78 bits per heavy atom. The van der Waals surface area contributed by atoms with Crippen molar-refractivity contribution < 1.29 is 24.3 Å². The van der Waals surface area contributed by atoms with Crippen LogP contribution in [0.15, 0.2) is 0 Å². The Hall–Kier alpha value is -1.83. The highest BCUT2D eigenvalue weighted by molar-refractivity contribution is 5.86. The molecule has 1 rings (SSSR count). The molecular weight excluding hydrogens is 242 g/mol. The Labute approximate surface area is 104 Å². The van der Waals surface area contributed by atoms with Gasteiger partial charge in [0.2, 0.25) is 5.91 Å². The van der Waals surface area contributed by atoms with Gasteiger partial charge in [-0.2, -0.15) is 0 Å². The highest BCUT2D eigenvalue weighted by Crippen LogP contribution is 2.17. The minimum Gasteiger partial charge on any atom is -0.465 e. The van der Waals surface area contributed by atoms with Crippen molar-refractivity contribution in [2.75, 3.05) is 20.7 Å². The molecule has 102 valence electrons. The van der Waals surface area contributed by atoms with Crippen LogP contribution in [0.5, 0.6) is 0 Å². The van der Waals surface area contributed by atoms with Gasteiger partial charge >= 0.3 is 6.09 Å². The molecule has 0 bridgehead atoms. The number of carboxylic acid groups (broad SMARTS) is 1. The third-order valence-electron chi connectivity index (χ3n) is 2.86. The van der Waals surface area contributed by atoms with Gasteiger partial charge in [-0.25, -0.2) is 9.86 Å². The number of nitrogens with zero attached hydrogens (tertiary/aromatic N) is 1. The van der Waals surface area contributed by atoms with Gasteiger partial charge in [0.1, 0.15) is 6.04 Å². The largest absolute Gasteiger partial charge is 0.465 e. The van der Waals surface area contributed by atoms with E-state index in [0.29, 0.717) is 13.0 Å². The predicted octanol–water partition coefficient (Wildman–Crippen LogP) is -0.831. The molecule has 8 nitrogen and oxygen atoms in total. The Morgan fingerprint density at radius 1 is 1.67 bits per heavy atom. The maximum atomic E-state index is 11.8. The highest BCUT2D eigenvalue weighted by Gasteiger charge is 2.32. The van der Waals surface area contributed by atoms with E-state index in [4.69, 9.17) is 9.94 Å². The first-order valence-corrected chi connectivity index (χ1v) is 5.54. The van der Waals surface area contributed by atoms with Crippen LogP contribution in [0.2, 0.25) is 0 Å². The number of nitrogens with one attached hydrogen (secondary N) is 2. The van der Waals surface area contributed by atoms with Crippen molar-refractivity contribution in [1.82, 2.24) is 15.7 Å². The van der Waals surface area contributed by atoms with E-state index in [0.717, 1.165) is 5.06 Å². The quantitative estimate of drug-likeness (QED) is 0.558. The van der Waals surface area contributed by atoms with E-state index in [1.54, 1.807) is 0 Å². The number of amides is 3. The summed E-state index contributed by atoms with van der Waals surface area (Å²) in [7, 11) is 2.69. The summed E-state index contributed by atoms with van der Waals surface area (Å²) < 4.78 is 0. The molecule has 0 aliphatic carbocycles. The van der Waals surface area contributed by atoms with E-state index in [-0.39, 0.29) is 18.2 Å². The molecule has 0 radical (unpaired) electrons. The van der Waals surface area contributed by atoms with Crippen LogP contribution < -0.4 is 10.6 Å². The number of rotatable bonds is 5. The van der Waals surface area contributed by atoms with Crippen LogP contribution in [0, 0.1) is 5.92 Å². The summed E-state index contributed by atoms with van der Waals surface area (Å²) in [6, 6.07) is -0.985. The topological polar surface area (TPSA) is 108 Å². The fourth-order valence-electron chi connectivity index (χ4n) is 1.83. The first kappa shape index (κ1) is 14.2. The molecule has 1 aliphatic rings. The predicted molar refractivity (Wildman–Crippen MR) is 60.5 cm³/mol. The molecule has 1 saturated heterocycles. The molecule has 18 heavy (non-hydrogen) atoms. The summed E-state index contributed by atoms with van der Waals surface area (Å²) in [4.78, 5) is 38.6. The summed E-state index contributed by atoms with van der Waals surface area (Å²) in [5.41, 5.74) is 0. The molecule has 0 aromatic heterocycles. The van der Waals surface area contributed by atoms with Crippen molar-refractivity contribution in [1.29, 1.82) is 0 Å². The monoisotopic (exact) mass is 259 g/mol. The van der Waals surface area contributed by atoms with Crippen molar-refractivity contribution >= 4 is 17.9 Å². The van der Waals surface area contributed by atoms with E-state index in [1.807, 2.05) is 0 Å². The Balaban J connectivity index is 2.68. The molecular formula is C10H17N3O5. The van der Waals surface area contributed by atoms with E-state index >= 15 is 0 Å². The summed E-state index contributed by atoms with van der Waals surface area (Å²) in [5.74, 6) is -1.03. The lowest BCUT2D eigenvalue weighted by atomic mass is 9.98. The molecule has 1 aliphatic heterocycles. The van der Waals surface area contributed by atoms with Gasteiger partial charge in [-0.3, -0.25) is 14.4 Å². The third-order valence-corrected chi connectivity index (χ3v) is 2.86. The second kappa shape index (κ2) is 6.20. The molecule has 8 heteroatoms. The number of hydrogen-bond donors (Lipinski definition) is 3. The molecule has 2 atom stereocenters. The SMILES string of the molecule is CON(C)C(=O)C(CC1CCNC1=O)NC(=O)O. The molecule has 1 heterocycles. The van der Waals surface area contributed by atoms with Crippen LogP contribution in [0.3, 0.4) is 0 Å². The first-order chi connectivity index (χ1) is 8.45. The van der Waals surface area contributed by atoms with E-state index in [9.17, 15) is 14.4 Å². The fraction of sp³-hybridized carbons (Fsp3) is 0.700. The van der Waals surface area contributed by atoms with Gasteiger partial charge in [-0.05, 0) is 12.8 Å². The number of hydrogen-bond acceptors (Lipinski definition) is 4. The average molecular weight is 259 g/mol. The highest BCUT2D eigenvalue weighted by atomic mass is 16.7. The van der Waals surface area contributed by atoms with Crippen molar-refractivity contribution in [3.63, 3.8) is 0 Å². The lowest BCUT2D eigenvalue weighted by Gasteiger charge is -2.23. The minimum absolute atomic E-state index is 0.130. The lowest BCUT2D eigenvalue weighted by Crippen LogP contribution is -2.48. The van der Waals surface area contributed by atoms with Crippen LogP contribution in [0.1, 0.15) is 12.8 Å². The average Bonchev–Trinajstić information content (AvgIpc) is 2.71. The van der Waals surface area contributed by atoms with Gasteiger partial charge in [-0.1, -0.05) is 0 Å². The molecule has 0 spiro atoms. The van der Waals surface area contributed by atoms with Crippen LogP contribution >= 0.6 is 0 Å². The Bertz CT molecular complexity index is 346. The number of hydroxylamine groups is 2. The summed E-state index contributed by atoms with van der Waals surface area (Å²) >= 11 is 0. The van der Waals surface area contributed by atoms with E-state index < -0.39 is 18.0 Å². The molecule has 0 saturated carbocycles. The Morgan fingerprint density at radius 2 is 2.33 bits per heavy atom. The van der Waals surface area contributed by atoms with Crippen molar-refractivity contribution in [2.45, 2.75) is 18.9 Å². The first-order valence-electron chi connectivity index (χ1n) is 5.54. The smallest absolute Gasteiger partial charge is 0.405 e. The van der Waals surface area contributed by atoms with Gasteiger partial charge in [0, 0.05) is 19.5 Å². The zero-order valence-electron chi connectivity index (χ0n) is 10.3. The summed E-state index contributed by atoms with van der Waals surface area (Å²) in [6.07, 6.45) is -0.582. The summed E-state index contributed by atoms with van der Waals surface area (Å²) in [5, 5.41) is 14.4. The van der Waals surface area contributed by atoms with Gasteiger partial charge in [-0.15, -0.1) is 0 Å². The van der Waals surface area contributed by atoms with E-state index in [1.165, 1.54) is 14.2 Å². The lowest BCUT2D eigenvalue weighted by molar-refractivity contribution is -0.171. The number of likely N-dealkylation sites (N-methyl/N-ethyl adjacent to an activating group) is 1. The normalized spacial score (nSPS) is 20.1. The van der Waals surface area contributed by atoms with Crippen molar-refractivity contribution in [3.8, 4) is 0 Å². The fourth-order valence-corrected chi connectivity index (χ4v) is 1.83. The molecule has 2 unspecified atom stereocenters. The van der Waals surface area contributed by atoms with Crippen LogP contribution in [0.25, 0.3) is 0 Å². The molecule has 0 aromatic carbocycles. The van der Waals surface area contributed by atoms with Crippen LogP contribution in [0.4, 0.5) is 4.79 Å². The second-order valence-corrected chi connectivity index (χ2v) is 4.03. The molecule has 0 aromatic rings. The standard InChI is InChI=1S/C10H17N3O5/c1-13(18-2)9(15)7(12-10(16)17)5-6-3-4-11-8(6)14/h6-7,12H,3-5H2,1-2H3,(H,11,14)(H,16,17). The third kappa shape index (κ3) is 3.59. The maximum Gasteiger partial charge on any atom is 0.405 e. The van der Waals surface area contributed by atoms with E-state index in [2.05, 4.69) is 10.6 Å². The van der Waals surface area contributed by atoms with Gasteiger partial charge < -0.3 is 15.7 Å². The van der Waals surface area contributed by atoms with Crippen LogP contribution in [-0.2, 0) is 14.4 Å².